The van der Waals surface area contributed by atoms with Gasteiger partial charge >= 0.3 is 0 Å². The number of carbonyl (C=O) groups is 1. The van der Waals surface area contributed by atoms with E-state index < -0.39 is 11.7 Å². The molecule has 3 aromatic rings. The first kappa shape index (κ1) is 17.4. The Kier molecular flexibility index (Phi) is 5.13. The summed E-state index contributed by atoms with van der Waals surface area (Å²) in [6.07, 6.45) is 4.77. The van der Waals surface area contributed by atoms with Gasteiger partial charge in [-0.15, -0.1) is 11.3 Å². The minimum absolute atomic E-state index is 0. The van der Waals surface area contributed by atoms with Gasteiger partial charge in [-0.25, -0.2) is 19.4 Å². The Hall–Kier alpha value is -3.40. The third-order valence-electron chi connectivity index (χ3n) is 3.04. The van der Waals surface area contributed by atoms with Crippen LogP contribution in [0.2, 0.25) is 0 Å². The smallest absolute Gasteiger partial charge is 0.261 e. The normalized spacial score (nSPS) is 10.8. The van der Waals surface area contributed by atoms with Gasteiger partial charge in [0.15, 0.2) is 10.9 Å². The number of aryl methyl sites for hydroxylation is 1. The Labute approximate surface area is 153 Å². The van der Waals surface area contributed by atoms with Gasteiger partial charge in [-0.3, -0.25) is 15.1 Å². The third kappa shape index (κ3) is 4.16. The van der Waals surface area contributed by atoms with Crippen molar-refractivity contribution in [2.75, 3.05) is 5.32 Å². The van der Waals surface area contributed by atoms with Gasteiger partial charge in [-0.2, -0.15) is 0 Å². The molecular formula is C16H15FN6O2S. The van der Waals surface area contributed by atoms with E-state index in [-0.39, 0.29) is 24.3 Å². The van der Waals surface area contributed by atoms with Crippen molar-refractivity contribution in [3.8, 4) is 11.5 Å². The molecule has 0 fully saturated rings. The van der Waals surface area contributed by atoms with Crippen molar-refractivity contribution >= 4 is 34.5 Å². The molecule has 0 radical (unpaired) electrons. The number of aliphatic imine (C=N–C) groups is 1. The quantitative estimate of drug-likeness (QED) is 0.523. The number of hydrogen-bond donors (Lipinski definition) is 2. The summed E-state index contributed by atoms with van der Waals surface area (Å²) in [4.78, 5) is 28.4. The van der Waals surface area contributed by atoms with Crippen molar-refractivity contribution in [1.29, 1.82) is 0 Å². The van der Waals surface area contributed by atoms with Crippen LogP contribution < -0.4 is 15.8 Å². The predicted octanol–water partition coefficient (Wildman–Crippen LogP) is 3.29. The summed E-state index contributed by atoms with van der Waals surface area (Å²) in [7, 11) is 0. The molecule has 134 valence electrons. The molecule has 0 aliphatic carbocycles. The lowest BCUT2D eigenvalue weighted by Crippen LogP contribution is -2.13. The van der Waals surface area contributed by atoms with Gasteiger partial charge in [0.05, 0.1) is 36.2 Å². The van der Waals surface area contributed by atoms with Crippen molar-refractivity contribution in [1.82, 2.24) is 15.0 Å². The highest BCUT2D eigenvalue weighted by Gasteiger charge is 2.16. The van der Waals surface area contributed by atoms with Crippen molar-refractivity contribution in [2.24, 2.45) is 10.7 Å². The van der Waals surface area contributed by atoms with Crippen LogP contribution in [0.3, 0.4) is 0 Å². The molecule has 3 aromatic heterocycles. The number of carbonyl (C=O) groups excluding carboxylic acids is 1. The number of nitrogens with two attached hydrogens (primary N) is 1. The van der Waals surface area contributed by atoms with Gasteiger partial charge < -0.3 is 10.5 Å². The SMILES string of the molecule is Cc1csc(NC(=O)c2cc(Oc3cncc(F)c3)cnc2/N=C\N)n1.[HH]. The fourth-order valence-corrected chi connectivity index (χ4v) is 2.68. The molecule has 3 rings (SSSR count). The van der Waals surface area contributed by atoms with E-state index in [1.54, 1.807) is 0 Å². The average molecular weight is 374 g/mol. The zero-order valence-electron chi connectivity index (χ0n) is 13.5. The van der Waals surface area contributed by atoms with E-state index in [0.29, 0.717) is 5.13 Å². The molecule has 3 N–H and O–H groups in total. The highest BCUT2D eigenvalue weighted by Crippen LogP contribution is 2.27. The van der Waals surface area contributed by atoms with Gasteiger partial charge in [0.2, 0.25) is 0 Å². The van der Waals surface area contributed by atoms with Crippen LogP contribution in [0, 0.1) is 12.7 Å². The van der Waals surface area contributed by atoms with Crippen LogP contribution in [0.1, 0.15) is 17.5 Å². The molecule has 0 aliphatic heterocycles. The number of thiazole rings is 1. The number of halogens is 1. The summed E-state index contributed by atoms with van der Waals surface area (Å²) < 4.78 is 18.7. The monoisotopic (exact) mass is 374 g/mol. The number of aromatic nitrogens is 3. The first-order valence-electron chi connectivity index (χ1n) is 7.31. The molecule has 0 aliphatic rings. The summed E-state index contributed by atoms with van der Waals surface area (Å²) in [5.41, 5.74) is 6.23. The van der Waals surface area contributed by atoms with E-state index in [4.69, 9.17) is 10.5 Å². The molecule has 26 heavy (non-hydrogen) atoms. The van der Waals surface area contributed by atoms with Crippen LogP contribution in [-0.2, 0) is 0 Å². The average Bonchev–Trinajstić information content (AvgIpc) is 3.01. The molecule has 0 aromatic carbocycles. The molecule has 0 bridgehead atoms. The van der Waals surface area contributed by atoms with E-state index in [2.05, 4.69) is 25.3 Å². The highest BCUT2D eigenvalue weighted by atomic mass is 32.1. The fraction of sp³-hybridized carbons (Fsp3) is 0.0625. The highest BCUT2D eigenvalue weighted by molar-refractivity contribution is 7.13. The van der Waals surface area contributed by atoms with Crippen molar-refractivity contribution in [3.63, 3.8) is 0 Å². The molecule has 10 heteroatoms. The van der Waals surface area contributed by atoms with Crippen LogP contribution in [0.4, 0.5) is 15.3 Å². The summed E-state index contributed by atoms with van der Waals surface area (Å²) in [5, 5.41) is 4.91. The Morgan fingerprint density at radius 2 is 2.19 bits per heavy atom. The van der Waals surface area contributed by atoms with E-state index in [0.717, 1.165) is 24.3 Å². The standard InChI is InChI=1S/C16H13FN6O2S.H2/c1-9-7-26-16(22-9)23-15(24)13-3-12(6-20-14(13)21-8-18)25-11-2-10(17)4-19-5-11;/h2-8H,1H3,(H2,18,20,21)(H,22,23,24);1H. The second-order valence-electron chi connectivity index (χ2n) is 5.01. The summed E-state index contributed by atoms with van der Waals surface area (Å²) >= 11 is 1.29. The Morgan fingerprint density at radius 3 is 2.88 bits per heavy atom. The molecule has 0 saturated carbocycles. The van der Waals surface area contributed by atoms with Crippen LogP contribution in [0.15, 0.2) is 41.1 Å². The molecule has 0 spiro atoms. The van der Waals surface area contributed by atoms with Crippen molar-refractivity contribution in [2.45, 2.75) is 6.92 Å². The maximum absolute atomic E-state index is 13.2. The first-order valence-corrected chi connectivity index (χ1v) is 8.19. The number of ether oxygens (including phenoxy) is 1. The molecular weight excluding hydrogens is 359 g/mol. The lowest BCUT2D eigenvalue weighted by Gasteiger charge is -2.09. The second-order valence-corrected chi connectivity index (χ2v) is 5.87. The van der Waals surface area contributed by atoms with Crippen LogP contribution >= 0.6 is 11.3 Å². The third-order valence-corrected chi connectivity index (χ3v) is 3.91. The molecule has 0 saturated heterocycles. The number of hydrogen-bond acceptors (Lipinski definition) is 7. The van der Waals surface area contributed by atoms with E-state index >= 15 is 0 Å². The van der Waals surface area contributed by atoms with E-state index in [1.165, 1.54) is 29.8 Å². The Bertz CT molecular complexity index is 981. The topological polar surface area (TPSA) is 115 Å². The van der Waals surface area contributed by atoms with Crippen molar-refractivity contribution < 1.29 is 15.3 Å². The Morgan fingerprint density at radius 1 is 1.38 bits per heavy atom. The van der Waals surface area contributed by atoms with Crippen LogP contribution in [-0.4, -0.2) is 27.2 Å². The predicted molar refractivity (Wildman–Crippen MR) is 97.8 cm³/mol. The number of nitrogens with one attached hydrogen (secondary N) is 1. The lowest BCUT2D eigenvalue weighted by molar-refractivity contribution is 0.102. The maximum atomic E-state index is 13.2. The largest absolute Gasteiger partial charge is 0.454 e. The Balaban J connectivity index is 0.00000261. The van der Waals surface area contributed by atoms with Crippen LogP contribution in [0.25, 0.3) is 0 Å². The fourth-order valence-electron chi connectivity index (χ4n) is 1.99. The lowest BCUT2D eigenvalue weighted by atomic mass is 10.2. The molecule has 8 nitrogen and oxygen atoms in total. The maximum Gasteiger partial charge on any atom is 0.261 e. The first-order chi connectivity index (χ1) is 12.5. The van der Waals surface area contributed by atoms with E-state index in [9.17, 15) is 9.18 Å². The number of amides is 1. The molecule has 3 heterocycles. The van der Waals surface area contributed by atoms with Gasteiger partial charge in [0.25, 0.3) is 5.91 Å². The van der Waals surface area contributed by atoms with Crippen molar-refractivity contribution in [3.05, 3.63) is 53.2 Å². The van der Waals surface area contributed by atoms with E-state index in [1.807, 2.05) is 12.3 Å². The number of nitrogens with zero attached hydrogens (tertiary/aromatic N) is 4. The summed E-state index contributed by atoms with van der Waals surface area (Å²) in [6.45, 7) is 1.82. The molecule has 1 amide bonds. The summed E-state index contributed by atoms with van der Waals surface area (Å²) in [5.74, 6) is -0.521. The molecule has 0 unspecified atom stereocenters. The van der Waals surface area contributed by atoms with Crippen LogP contribution in [0.5, 0.6) is 11.5 Å². The van der Waals surface area contributed by atoms with Gasteiger partial charge in [-0.1, -0.05) is 0 Å². The zero-order chi connectivity index (χ0) is 18.5. The molecule has 0 atom stereocenters. The minimum atomic E-state index is -0.545. The van der Waals surface area contributed by atoms with Gasteiger partial charge in [0, 0.05) is 12.9 Å². The number of anilines is 1. The number of pyridine rings is 2. The van der Waals surface area contributed by atoms with Gasteiger partial charge in [-0.05, 0) is 13.0 Å². The van der Waals surface area contributed by atoms with Gasteiger partial charge in [0.1, 0.15) is 17.3 Å². The summed E-state index contributed by atoms with van der Waals surface area (Å²) in [6, 6.07) is 2.59. The zero-order valence-corrected chi connectivity index (χ0v) is 14.3. The number of rotatable bonds is 5. The second kappa shape index (κ2) is 7.66. The minimum Gasteiger partial charge on any atom is -0.454 e.